The fourth-order valence-corrected chi connectivity index (χ4v) is 4.61. The third kappa shape index (κ3) is 3.16. The first-order valence-electron chi connectivity index (χ1n) is 10.1. The van der Waals surface area contributed by atoms with Crippen LogP contribution in [-0.2, 0) is 11.2 Å². The van der Waals surface area contributed by atoms with Gasteiger partial charge in [-0.3, -0.25) is 9.69 Å². The van der Waals surface area contributed by atoms with Crippen molar-refractivity contribution in [2.45, 2.75) is 25.8 Å². The number of amidine groups is 1. The average molecular weight is 413 g/mol. The molecule has 0 saturated carbocycles. The molecule has 3 nitrogen and oxygen atoms in total. The van der Waals surface area contributed by atoms with Gasteiger partial charge < -0.3 is 0 Å². The smallest absolute Gasteiger partial charge is 0.225 e. The van der Waals surface area contributed by atoms with E-state index in [1.807, 2.05) is 59.5 Å². The van der Waals surface area contributed by atoms with Crippen LogP contribution in [-0.4, -0.2) is 16.6 Å². The van der Waals surface area contributed by atoms with E-state index < -0.39 is 0 Å². The average Bonchev–Trinajstić information content (AvgIpc) is 2.78. The van der Waals surface area contributed by atoms with Gasteiger partial charge in [0.05, 0.1) is 11.7 Å². The van der Waals surface area contributed by atoms with E-state index in [4.69, 9.17) is 16.6 Å². The van der Waals surface area contributed by atoms with Gasteiger partial charge in [0.1, 0.15) is 5.84 Å². The van der Waals surface area contributed by atoms with Gasteiger partial charge in [-0.15, -0.1) is 0 Å². The monoisotopic (exact) mass is 412 g/mol. The van der Waals surface area contributed by atoms with Gasteiger partial charge in [-0.05, 0) is 41.7 Å². The van der Waals surface area contributed by atoms with E-state index in [-0.39, 0.29) is 11.9 Å². The molecule has 1 atom stereocenters. The number of amides is 1. The van der Waals surface area contributed by atoms with Crippen LogP contribution in [0.1, 0.15) is 41.6 Å². The first-order chi connectivity index (χ1) is 14.6. The lowest BCUT2D eigenvalue weighted by Crippen LogP contribution is -2.43. The highest BCUT2D eigenvalue weighted by Crippen LogP contribution is 2.45. The van der Waals surface area contributed by atoms with Crippen molar-refractivity contribution in [1.29, 1.82) is 0 Å². The number of aliphatic imine (C=N–C) groups is 1. The molecule has 4 heteroatoms. The van der Waals surface area contributed by atoms with Crippen molar-refractivity contribution in [3.05, 3.63) is 112 Å². The standard InChI is InChI=1S/C26H21ClN2O/c1-17(30)29-25(19-11-14-21(27)15-12-19)23-16-13-18-7-5-6-10-22(18)24(23)28-26(29)20-8-3-2-4-9-20/h2-12,14-15,25H,13,16H2,1H3. The molecular weight excluding hydrogens is 392 g/mol. The van der Waals surface area contributed by atoms with E-state index in [1.54, 1.807) is 6.92 Å². The van der Waals surface area contributed by atoms with Crippen molar-refractivity contribution in [3.63, 3.8) is 0 Å². The second-order valence-electron chi connectivity index (χ2n) is 7.68. The molecule has 0 spiro atoms. The van der Waals surface area contributed by atoms with E-state index in [2.05, 4.69) is 24.3 Å². The zero-order chi connectivity index (χ0) is 20.7. The molecule has 148 valence electrons. The summed E-state index contributed by atoms with van der Waals surface area (Å²) in [5, 5.41) is 0.684. The van der Waals surface area contributed by atoms with Gasteiger partial charge in [-0.2, -0.15) is 0 Å². The second kappa shape index (κ2) is 7.58. The molecule has 0 radical (unpaired) electrons. The minimum Gasteiger partial charge on any atom is -0.285 e. The molecule has 0 aromatic heterocycles. The van der Waals surface area contributed by atoms with Gasteiger partial charge in [0, 0.05) is 23.1 Å². The van der Waals surface area contributed by atoms with Crippen LogP contribution in [0.15, 0.2) is 89.4 Å². The number of hydrogen-bond donors (Lipinski definition) is 0. The van der Waals surface area contributed by atoms with Gasteiger partial charge in [-0.1, -0.05) is 78.3 Å². The molecule has 1 unspecified atom stereocenters. The summed E-state index contributed by atoms with van der Waals surface area (Å²) in [6.07, 6.45) is 1.82. The van der Waals surface area contributed by atoms with Gasteiger partial charge in [0.25, 0.3) is 0 Å². The largest absolute Gasteiger partial charge is 0.285 e. The Morgan fingerprint density at radius 1 is 0.933 bits per heavy atom. The Kier molecular flexibility index (Phi) is 4.76. The quantitative estimate of drug-likeness (QED) is 0.504. The number of halogens is 1. The minimum atomic E-state index is -0.198. The number of rotatable bonds is 2. The van der Waals surface area contributed by atoms with Crippen molar-refractivity contribution in [2.75, 3.05) is 0 Å². The van der Waals surface area contributed by atoms with Gasteiger partial charge >= 0.3 is 0 Å². The molecule has 1 aliphatic heterocycles. The summed E-state index contributed by atoms with van der Waals surface area (Å²) in [5.74, 6) is 0.668. The van der Waals surface area contributed by atoms with Crippen molar-refractivity contribution in [2.24, 2.45) is 4.99 Å². The summed E-state index contributed by atoms with van der Waals surface area (Å²) in [7, 11) is 0. The molecule has 1 amide bonds. The third-order valence-electron chi connectivity index (χ3n) is 5.83. The lowest BCUT2D eigenvalue weighted by Gasteiger charge is -2.40. The Balaban J connectivity index is 1.78. The number of aryl methyl sites for hydroxylation is 1. The molecule has 3 aromatic rings. The zero-order valence-corrected chi connectivity index (χ0v) is 17.4. The Morgan fingerprint density at radius 2 is 1.63 bits per heavy atom. The van der Waals surface area contributed by atoms with Crippen molar-refractivity contribution < 1.29 is 4.79 Å². The van der Waals surface area contributed by atoms with Gasteiger partial charge in [0.15, 0.2) is 0 Å². The summed E-state index contributed by atoms with van der Waals surface area (Å²) in [5.41, 5.74) is 6.62. The Bertz CT molecular complexity index is 1180. The van der Waals surface area contributed by atoms with Crippen LogP contribution in [0, 0.1) is 0 Å². The number of hydrogen-bond acceptors (Lipinski definition) is 2. The van der Waals surface area contributed by atoms with Crippen LogP contribution in [0.25, 0.3) is 5.70 Å². The van der Waals surface area contributed by atoms with E-state index in [9.17, 15) is 4.79 Å². The van der Waals surface area contributed by atoms with E-state index >= 15 is 0 Å². The normalized spacial score (nSPS) is 17.9. The third-order valence-corrected chi connectivity index (χ3v) is 6.08. The number of benzene rings is 3. The fraction of sp³-hybridized carbons (Fsp3) is 0.154. The van der Waals surface area contributed by atoms with Gasteiger partial charge in [0.2, 0.25) is 5.91 Å². The lowest BCUT2D eigenvalue weighted by molar-refractivity contribution is -0.126. The van der Waals surface area contributed by atoms with Crippen molar-refractivity contribution in [1.82, 2.24) is 4.90 Å². The summed E-state index contributed by atoms with van der Waals surface area (Å²) < 4.78 is 0. The van der Waals surface area contributed by atoms with Crippen LogP contribution in [0.2, 0.25) is 5.02 Å². The first-order valence-corrected chi connectivity index (χ1v) is 10.5. The van der Waals surface area contributed by atoms with Crippen molar-refractivity contribution >= 4 is 29.0 Å². The number of fused-ring (bicyclic) bond motifs is 2. The molecule has 1 aliphatic carbocycles. The fourth-order valence-electron chi connectivity index (χ4n) is 4.48. The molecule has 0 N–H and O–H groups in total. The summed E-state index contributed by atoms with van der Waals surface area (Å²) >= 11 is 6.16. The van der Waals surface area contributed by atoms with Crippen LogP contribution >= 0.6 is 11.6 Å². The van der Waals surface area contributed by atoms with Crippen LogP contribution in [0.3, 0.4) is 0 Å². The molecule has 0 fully saturated rings. The van der Waals surface area contributed by atoms with Crippen LogP contribution < -0.4 is 0 Å². The summed E-state index contributed by atoms with van der Waals surface area (Å²) in [6, 6.07) is 26.0. The number of carbonyl (C=O) groups is 1. The molecule has 3 aromatic carbocycles. The predicted octanol–water partition coefficient (Wildman–Crippen LogP) is 6.05. The van der Waals surface area contributed by atoms with Crippen LogP contribution in [0.4, 0.5) is 0 Å². The first kappa shape index (κ1) is 18.8. The second-order valence-corrected chi connectivity index (χ2v) is 8.11. The minimum absolute atomic E-state index is 0.0250. The number of carbonyl (C=O) groups excluding carboxylic acids is 1. The molecular formula is C26H21ClN2O. The zero-order valence-electron chi connectivity index (χ0n) is 16.7. The Labute approximate surface area is 181 Å². The highest BCUT2D eigenvalue weighted by molar-refractivity contribution is 6.30. The Hall–Kier alpha value is -3.17. The highest BCUT2D eigenvalue weighted by Gasteiger charge is 2.38. The maximum absolute atomic E-state index is 12.9. The molecule has 1 heterocycles. The van der Waals surface area contributed by atoms with Gasteiger partial charge in [-0.25, -0.2) is 4.99 Å². The van der Waals surface area contributed by atoms with E-state index in [0.717, 1.165) is 35.2 Å². The lowest BCUT2D eigenvalue weighted by atomic mass is 9.82. The summed E-state index contributed by atoms with van der Waals surface area (Å²) in [4.78, 5) is 19.9. The number of nitrogens with zero attached hydrogens (tertiary/aromatic N) is 2. The van der Waals surface area contributed by atoms with Crippen LogP contribution in [0.5, 0.6) is 0 Å². The Morgan fingerprint density at radius 3 is 2.37 bits per heavy atom. The topological polar surface area (TPSA) is 32.7 Å². The molecule has 0 bridgehead atoms. The van der Waals surface area contributed by atoms with E-state index in [0.29, 0.717) is 10.9 Å². The summed E-state index contributed by atoms with van der Waals surface area (Å²) in [6.45, 7) is 1.61. The predicted molar refractivity (Wildman–Crippen MR) is 121 cm³/mol. The highest BCUT2D eigenvalue weighted by atomic mass is 35.5. The SMILES string of the molecule is CC(=O)N1C(c2ccccc2)=NC2=C(CCc3ccccc32)C1c1ccc(Cl)cc1. The molecule has 5 rings (SSSR count). The maximum atomic E-state index is 12.9. The molecule has 30 heavy (non-hydrogen) atoms. The molecule has 2 aliphatic rings. The molecule has 0 saturated heterocycles. The van der Waals surface area contributed by atoms with Crippen molar-refractivity contribution in [3.8, 4) is 0 Å². The van der Waals surface area contributed by atoms with E-state index in [1.165, 1.54) is 11.1 Å². The maximum Gasteiger partial charge on any atom is 0.225 e.